The molecule has 0 aliphatic heterocycles. The van der Waals surface area contributed by atoms with Crippen LogP contribution in [-0.2, 0) is 37.3 Å². The van der Waals surface area contributed by atoms with Crippen LogP contribution in [0.1, 0.15) is 157 Å². The second-order valence-electron chi connectivity index (χ2n) is 21.3. The Bertz CT molecular complexity index is 3670. The van der Waals surface area contributed by atoms with Crippen molar-refractivity contribution >= 4 is 11.0 Å². The number of benzene rings is 6. The number of pyridine rings is 1. The summed E-state index contributed by atoms with van der Waals surface area (Å²) in [5.74, 6) is 0.287. The second kappa shape index (κ2) is 18.5. The van der Waals surface area contributed by atoms with Crippen LogP contribution in [0.25, 0.3) is 72.7 Å². The van der Waals surface area contributed by atoms with E-state index in [-0.39, 0.29) is 83.5 Å². The van der Waals surface area contributed by atoms with Gasteiger partial charge >= 0.3 is 0 Å². The Balaban J connectivity index is 0.00000903. The molecule has 0 amide bonds. The van der Waals surface area contributed by atoms with Gasteiger partial charge in [-0.1, -0.05) is 179 Å². The molecule has 0 fully saturated rings. The van der Waals surface area contributed by atoms with Crippen LogP contribution in [0.2, 0.25) is 0 Å². The Morgan fingerprint density at radius 1 is 0.642 bits per heavy atom. The molecule has 348 valence electrons. The third kappa shape index (κ3) is 10.0. The van der Waals surface area contributed by atoms with Gasteiger partial charge in [0.1, 0.15) is 11.6 Å². The van der Waals surface area contributed by atoms with Gasteiger partial charge in [-0.2, -0.15) is 0 Å². The van der Waals surface area contributed by atoms with E-state index in [1.165, 1.54) is 0 Å². The van der Waals surface area contributed by atoms with Gasteiger partial charge < -0.3 is 5.11 Å². The molecule has 8 rings (SSSR count). The van der Waals surface area contributed by atoms with Crippen LogP contribution in [-0.4, -0.2) is 19.6 Å². The van der Waals surface area contributed by atoms with Crippen LogP contribution in [0.15, 0.2) is 121 Å². The quantitative estimate of drug-likeness (QED) is 0.154. The maximum absolute atomic E-state index is 12.4. The van der Waals surface area contributed by atoms with Gasteiger partial charge in [-0.15, -0.1) is 29.3 Å². The van der Waals surface area contributed by atoms with Crippen molar-refractivity contribution in [2.75, 3.05) is 0 Å². The van der Waals surface area contributed by atoms with Crippen LogP contribution < -0.4 is 0 Å². The Morgan fingerprint density at radius 3 is 1.97 bits per heavy atom. The van der Waals surface area contributed by atoms with Gasteiger partial charge in [0.15, 0.2) is 0 Å². The number of aryl methyl sites for hydroxylation is 1. The topological polar surface area (TPSA) is 50.9 Å². The summed E-state index contributed by atoms with van der Waals surface area (Å²) in [6.07, 6.45) is -0.549. The number of hydrogen-bond acceptors (Lipinski definition) is 3. The summed E-state index contributed by atoms with van der Waals surface area (Å²) in [5, 5.41) is 12.4. The van der Waals surface area contributed by atoms with Crippen molar-refractivity contribution < 1.29 is 42.6 Å². The molecule has 0 saturated heterocycles. The molecule has 6 aromatic carbocycles. The molecule has 0 saturated carbocycles. The molecule has 0 radical (unpaired) electrons. The Kier molecular flexibility index (Phi) is 9.81. The average molecular weight is 1080 g/mol. The summed E-state index contributed by atoms with van der Waals surface area (Å²) in [7, 11) is 0. The van der Waals surface area contributed by atoms with Crippen molar-refractivity contribution in [3.8, 4) is 67.5 Å². The summed E-state index contributed by atoms with van der Waals surface area (Å²) < 4.78 is 107. The van der Waals surface area contributed by atoms with E-state index in [0.717, 1.165) is 39.4 Å². The zero-order valence-corrected chi connectivity index (χ0v) is 43.1. The number of imidazole rings is 1. The van der Waals surface area contributed by atoms with Crippen LogP contribution in [0.4, 0.5) is 0 Å². The first-order chi connectivity index (χ1) is 35.9. The first-order valence-corrected chi connectivity index (χ1v) is 22.8. The molecule has 67 heavy (non-hydrogen) atoms. The first-order valence-electron chi connectivity index (χ1n) is 28.8. The number of hydrogen-bond donors (Lipinski definition) is 1. The van der Waals surface area contributed by atoms with Gasteiger partial charge in [0, 0.05) is 41.2 Å². The number of phenolic OH excluding ortho intramolecular Hbond substituents is 1. The van der Waals surface area contributed by atoms with Gasteiger partial charge in [-0.3, -0.25) is 9.55 Å². The fourth-order valence-electron chi connectivity index (χ4n) is 8.27. The molecule has 2 aromatic heterocycles. The number of aromatic nitrogens is 3. The van der Waals surface area contributed by atoms with Gasteiger partial charge in [0.25, 0.3) is 0 Å². The number of nitrogens with zero attached hydrogens (tertiary/aromatic N) is 3. The van der Waals surface area contributed by atoms with E-state index < -0.39 is 55.0 Å². The maximum atomic E-state index is 12.4. The van der Waals surface area contributed by atoms with Crippen LogP contribution in [0.3, 0.4) is 0 Å². The van der Waals surface area contributed by atoms with Crippen LogP contribution >= 0.6 is 0 Å². The number of para-hydroxylation sites is 1. The summed E-state index contributed by atoms with van der Waals surface area (Å²) in [6.45, 7) is 21.7. The van der Waals surface area contributed by atoms with Crippen LogP contribution in [0.5, 0.6) is 5.75 Å². The van der Waals surface area contributed by atoms with Crippen molar-refractivity contribution in [3.05, 3.63) is 166 Å². The van der Waals surface area contributed by atoms with Crippen molar-refractivity contribution in [2.45, 2.75) is 132 Å². The summed E-state index contributed by atoms with van der Waals surface area (Å²) in [6, 6.07) is 27.0. The van der Waals surface area contributed by atoms with E-state index in [1.807, 2.05) is 87.7 Å². The largest absolute Gasteiger partial charge is 0.507 e. The van der Waals surface area contributed by atoms with Crippen molar-refractivity contribution in [3.63, 3.8) is 0 Å². The maximum Gasteiger partial charge on any atom is 0.148 e. The van der Waals surface area contributed by atoms with E-state index in [4.69, 9.17) is 20.1 Å². The standard InChI is InChI=1S/C62H68N3O.Pt/c1-37(2)44-33-52(38(3)4)58(66)53(34-44)59-64-57-51(46-28-47(32-48(31-46)60(7,8)9)54-35-43(25-26-63-54)41-21-19-39(5)20-22-41)17-16-18-56(57)65(59)55-24-23-42(27-40(55)6)45-29-49(61(10,11)12)36-50(30-45)62(13,14)15;/h16-27,29-38,66H,1-15H3;/q-1;/i5D3,6D3,19D,20D,21D,25D,26D,35D;. The zero-order chi connectivity index (χ0) is 57.8. The third-order valence-corrected chi connectivity index (χ3v) is 12.4. The van der Waals surface area contributed by atoms with Crippen molar-refractivity contribution in [1.82, 2.24) is 14.5 Å². The predicted octanol–water partition coefficient (Wildman–Crippen LogP) is 17.0. The smallest absolute Gasteiger partial charge is 0.148 e. The molecule has 4 nitrogen and oxygen atoms in total. The van der Waals surface area contributed by atoms with Gasteiger partial charge in [-0.05, 0) is 122 Å². The molecular formula is C62H68N3OPt-. The Labute approximate surface area is 432 Å². The molecule has 0 bridgehead atoms. The zero-order valence-electron chi connectivity index (χ0n) is 52.8. The normalized spacial score (nSPS) is 15.3. The minimum absolute atomic E-state index is 0. The molecular weight excluding hydrogens is 998 g/mol. The van der Waals surface area contributed by atoms with Gasteiger partial charge in [0.05, 0.1) is 30.5 Å². The monoisotopic (exact) mass is 1080 g/mol. The molecule has 8 aromatic rings. The van der Waals surface area contributed by atoms with Crippen molar-refractivity contribution in [1.29, 1.82) is 0 Å². The van der Waals surface area contributed by atoms with E-state index in [9.17, 15) is 6.48 Å². The molecule has 1 N–H and O–H groups in total. The van der Waals surface area contributed by atoms with Crippen LogP contribution in [0, 0.1) is 19.8 Å². The van der Waals surface area contributed by atoms with Crippen molar-refractivity contribution in [2.24, 2.45) is 0 Å². The van der Waals surface area contributed by atoms with Gasteiger partial charge in [0.2, 0.25) is 0 Å². The summed E-state index contributed by atoms with van der Waals surface area (Å²) in [4.78, 5) is 9.86. The molecule has 5 heteroatoms. The molecule has 0 spiro atoms. The Morgan fingerprint density at radius 2 is 1.33 bits per heavy atom. The molecule has 0 aliphatic carbocycles. The minimum Gasteiger partial charge on any atom is -0.507 e. The van der Waals surface area contributed by atoms with E-state index in [2.05, 4.69) is 84.6 Å². The second-order valence-corrected chi connectivity index (χ2v) is 21.3. The van der Waals surface area contributed by atoms with E-state index in [0.29, 0.717) is 44.8 Å². The fraction of sp³-hybridized carbons (Fsp3) is 0.323. The van der Waals surface area contributed by atoms with E-state index >= 15 is 0 Å². The summed E-state index contributed by atoms with van der Waals surface area (Å²) in [5.41, 5.74) is 7.29. The minimum atomic E-state index is -2.87. The summed E-state index contributed by atoms with van der Waals surface area (Å²) >= 11 is 0. The average Bonchev–Trinajstić information content (AvgIpc) is 3.83. The Hall–Kier alpha value is -5.57. The molecule has 0 unspecified atom stereocenters. The van der Waals surface area contributed by atoms with E-state index in [1.54, 1.807) is 12.1 Å². The first kappa shape index (κ1) is 35.6. The predicted molar refractivity (Wildman–Crippen MR) is 280 cm³/mol. The SMILES string of the molecule is [2H]c1cc(-c2c([2H])c([2H])nc(-c3[c-]c(-c4cccc5c4nc(-c4cc(C(C)C)cc(C(C)C)c4O)n5-c4ccc(-c5cc(C(C)(C)C)cc(C(C)(C)C)c5)cc4C([2H])([2H])[2H])cc(C(C)(C)C)c3)c2[2H])c([2H])c([2H])c1C([2H])([2H])[2H].[Pt]. The number of rotatable bonds is 8. The number of aromatic hydroxyl groups is 1. The van der Waals surface area contributed by atoms with Gasteiger partial charge in [-0.25, -0.2) is 4.98 Å². The molecule has 0 aliphatic rings. The fourth-order valence-corrected chi connectivity index (χ4v) is 8.27. The number of fused-ring (bicyclic) bond motifs is 1. The third-order valence-electron chi connectivity index (χ3n) is 12.4. The number of phenols is 1. The molecule has 2 heterocycles. The molecule has 0 atom stereocenters.